The van der Waals surface area contributed by atoms with Crippen molar-refractivity contribution in [3.8, 4) is 11.5 Å². The fourth-order valence-electron chi connectivity index (χ4n) is 9.41. The van der Waals surface area contributed by atoms with Gasteiger partial charge < -0.3 is 89.1 Å². The average molecular weight is 1010 g/mol. The van der Waals surface area contributed by atoms with Crippen molar-refractivity contribution >= 4 is 65.3 Å². The number of hydrogen-bond donors (Lipinski definition) is 12. The van der Waals surface area contributed by atoms with Crippen LogP contribution in [0.25, 0.3) is 0 Å². The topological polar surface area (TPSA) is 372 Å². The van der Waals surface area contributed by atoms with Crippen molar-refractivity contribution in [2.75, 3.05) is 18.4 Å². The van der Waals surface area contributed by atoms with Gasteiger partial charge in [0.05, 0.1) is 29.6 Å². The third-order valence-electron chi connectivity index (χ3n) is 13.4. The molecule has 11 atom stereocenters. The molecule has 0 aromatic heterocycles. The van der Waals surface area contributed by atoms with Crippen LogP contribution in [-0.4, -0.2) is 136 Å². The van der Waals surface area contributed by atoms with Gasteiger partial charge in [0.1, 0.15) is 47.4 Å². The van der Waals surface area contributed by atoms with Gasteiger partial charge in [0.2, 0.25) is 35.4 Å². The summed E-state index contributed by atoms with van der Waals surface area (Å²) in [7, 11) is 0. The summed E-state index contributed by atoms with van der Waals surface area (Å²) in [5.74, 6) is -8.77. The Hall–Kier alpha value is -6.47. The molecule has 0 radical (unpaired) electrons. The maximum absolute atomic E-state index is 14.4. The second kappa shape index (κ2) is 23.4. The fourth-order valence-corrected chi connectivity index (χ4v) is 9.41. The monoisotopic (exact) mass is 1010 g/mol. The van der Waals surface area contributed by atoms with Gasteiger partial charge in [-0.05, 0) is 86.8 Å². The van der Waals surface area contributed by atoms with Gasteiger partial charge in [0, 0.05) is 12.0 Å². The first-order chi connectivity index (χ1) is 33.6. The maximum Gasteiger partial charge on any atom is 1.00 e. The van der Waals surface area contributed by atoms with Gasteiger partial charge in [-0.3, -0.25) is 33.6 Å². The van der Waals surface area contributed by atoms with Gasteiger partial charge in [-0.25, -0.2) is 11.1 Å². The summed E-state index contributed by atoms with van der Waals surface area (Å²) in [5, 5.41) is 52.8. The van der Waals surface area contributed by atoms with Gasteiger partial charge in [0.25, 0.3) is 0 Å². The van der Waals surface area contributed by atoms with E-state index in [1.165, 1.54) is 39.5 Å². The van der Waals surface area contributed by atoms with Crippen LogP contribution in [0.15, 0.2) is 30.3 Å². The number of nitrogens with two attached hydrogens (primary N) is 1. The zero-order valence-corrected chi connectivity index (χ0v) is 42.6. The first kappa shape index (κ1) is 56.4. The molecule has 6 rings (SSSR count). The fraction of sp³-hybridized carbons (Fsp3) is 0.511. The Bertz CT molecular complexity index is 2500. The number of carboxylic acid groups (broad SMARTS) is 2. The van der Waals surface area contributed by atoms with Gasteiger partial charge in [-0.15, -0.1) is 0 Å². The molecule has 10 unspecified atom stereocenters. The molecule has 2 aromatic carbocycles. The van der Waals surface area contributed by atoms with Crippen molar-refractivity contribution < 1.29 is 102 Å². The Morgan fingerprint density at radius 1 is 0.972 bits per heavy atom. The molecule has 7 amide bonds. The number of ether oxygens (including phenoxy) is 2. The largest absolute Gasteiger partial charge is 1.00 e. The van der Waals surface area contributed by atoms with Crippen molar-refractivity contribution in [2.24, 2.45) is 11.7 Å². The first-order valence-electron chi connectivity index (χ1n) is 23.1. The van der Waals surface area contributed by atoms with Crippen molar-refractivity contribution in [1.82, 2.24) is 37.2 Å². The van der Waals surface area contributed by atoms with Crippen LogP contribution in [0.2, 0.25) is 0 Å². The minimum atomic E-state index is -1.89. The van der Waals surface area contributed by atoms with Crippen LogP contribution in [-0.2, 0) is 59.8 Å². The number of aliphatic hydroxyl groups excluding tert-OH is 1. The van der Waals surface area contributed by atoms with E-state index < -0.39 is 138 Å². The van der Waals surface area contributed by atoms with Crippen molar-refractivity contribution in [1.29, 1.82) is 0 Å². The molecule has 4 heterocycles. The summed E-state index contributed by atoms with van der Waals surface area (Å²) in [6, 6.07) is -0.980. The Kier molecular flexibility index (Phi) is 18.3. The molecule has 0 saturated carbocycles. The second-order valence-electron chi connectivity index (χ2n) is 18.4. The number of nitrogens with one attached hydrogen (secondary N) is 8. The number of carbonyl (C=O) groups is 9. The molecule has 0 saturated heterocycles. The van der Waals surface area contributed by atoms with Crippen LogP contribution in [0.5, 0.6) is 11.5 Å². The van der Waals surface area contributed by atoms with Gasteiger partial charge >= 0.3 is 41.5 Å². The van der Waals surface area contributed by atoms with E-state index in [2.05, 4.69) is 42.5 Å². The van der Waals surface area contributed by atoms with Gasteiger partial charge in [-0.1, -0.05) is 32.5 Å². The smallest absolute Gasteiger partial charge is 0.540 e. The number of para-hydroxylation sites is 1. The molecule has 0 aliphatic carbocycles. The van der Waals surface area contributed by atoms with E-state index in [1.54, 1.807) is 38.1 Å². The minimum Gasteiger partial charge on any atom is -0.540 e. The quantitative estimate of drug-likeness (QED) is 0.0700. The van der Waals surface area contributed by atoms with E-state index >= 15 is 0 Å². The van der Waals surface area contributed by atoms with E-state index in [0.29, 0.717) is 16.7 Å². The van der Waals surface area contributed by atoms with Crippen LogP contribution in [0.4, 0.5) is 5.69 Å². The van der Waals surface area contributed by atoms with E-state index in [4.69, 9.17) is 20.3 Å². The minimum absolute atomic E-state index is 0. The van der Waals surface area contributed by atoms with Crippen molar-refractivity contribution in [3.63, 3.8) is 0 Å². The molecule has 4 aliphatic rings. The standard InChI is InChI=1S/C47H59N9O15.Na/c1-6-31(58)52-29-19-47-25-9-8-10-30(71-46(5,7-2)38(44(68)69)56-39(63)22(4)51-32(59)20-50-41(29)65)34(25)55-45(47)70-37-24-15-21(3)16-28(53-40(64)27(48)11-12-33(60)61)42(66)54-35(43(67)49-13-14-57)36(62)23(17-24)18-26(37)47;/h6,8-10,17-18,21-22,27-29,35-36,38,45,55,62H,7,11-13,15-16,19-20,48H2,1-5H3,(H,49,67)(H,50,65)(H,51,59)(H,52,58)(H,53,64)(H,54,66)(H,56,63)(H,60,61)(H,68,69);/q-2;+1/t21?,22?,27?,28?,29?,35?,36?,38?,45?,46?,47-;/m0./s1. The van der Waals surface area contributed by atoms with E-state index in [1.807, 2.05) is 0 Å². The number of hydrogen-bond acceptors (Lipinski definition) is 15. The summed E-state index contributed by atoms with van der Waals surface area (Å²) >= 11 is 0. The zero-order chi connectivity index (χ0) is 52.1. The number of carbonyl (C=O) groups excluding carboxylic acids is 8. The maximum atomic E-state index is 14.4. The van der Waals surface area contributed by atoms with Crippen molar-refractivity contribution in [2.45, 2.75) is 133 Å². The number of carboxylic acids is 2. The predicted octanol–water partition coefficient (Wildman–Crippen LogP) is -5.03. The van der Waals surface area contributed by atoms with Gasteiger partial charge in [-0.2, -0.15) is 6.92 Å². The zero-order valence-electron chi connectivity index (χ0n) is 40.6. The van der Waals surface area contributed by atoms with E-state index in [9.17, 15) is 58.2 Å². The first-order valence-corrected chi connectivity index (χ1v) is 23.1. The molecular weight excluding hydrogens is 954 g/mol. The number of rotatable bonds is 12. The van der Waals surface area contributed by atoms with E-state index in [0.717, 1.165) is 0 Å². The number of amides is 7. The molecule has 0 fully saturated rings. The SMILES string of the molecule is C[CH-]C(=O)NC1C[C@@]23c4cccc(c4NC2Oc2c4cc(cc23)C(O)C(C(=O)NC[C-]=O)NC(=O)C(NC(=O)C(N)CCC(=O)O)CC(C)C4)OC(C)(CC)C(C(=O)O)NC(=O)C(C)NC(=O)CNC1=O.[Na+]. The molecule has 24 nitrogen and oxygen atoms in total. The summed E-state index contributed by atoms with van der Waals surface area (Å²) in [4.78, 5) is 131. The third kappa shape index (κ3) is 11.9. The number of aliphatic hydroxyl groups is 1. The number of aliphatic carboxylic acids is 2. The van der Waals surface area contributed by atoms with Crippen LogP contribution in [0, 0.1) is 12.3 Å². The molecular formula is C47H59N9NaO15-. The van der Waals surface area contributed by atoms with E-state index in [-0.39, 0.29) is 84.4 Å². The predicted molar refractivity (Wildman–Crippen MR) is 248 cm³/mol. The number of anilines is 1. The summed E-state index contributed by atoms with van der Waals surface area (Å²) < 4.78 is 13.5. The molecule has 4 aliphatic heterocycles. The molecule has 6 bridgehead atoms. The third-order valence-corrected chi connectivity index (χ3v) is 13.4. The molecule has 25 heteroatoms. The Morgan fingerprint density at radius 2 is 1.69 bits per heavy atom. The summed E-state index contributed by atoms with van der Waals surface area (Å²) in [6.45, 7) is 6.38. The van der Waals surface area contributed by atoms with Crippen LogP contribution in [0.1, 0.15) is 95.1 Å². The molecule has 2 aromatic rings. The summed E-state index contributed by atoms with van der Waals surface area (Å²) in [5.41, 5.74) is 4.25. The Balaban J connectivity index is 0.00000963. The molecule has 72 heavy (non-hydrogen) atoms. The van der Waals surface area contributed by atoms with Crippen LogP contribution < -0.4 is 87.3 Å². The van der Waals surface area contributed by atoms with Crippen LogP contribution in [0.3, 0.4) is 0 Å². The summed E-state index contributed by atoms with van der Waals surface area (Å²) in [6.07, 6.45) is -1.31. The molecule has 384 valence electrons. The Morgan fingerprint density at radius 3 is 2.35 bits per heavy atom. The average Bonchev–Trinajstić information content (AvgIpc) is 3.81. The Labute approximate surface area is 436 Å². The van der Waals surface area contributed by atoms with Crippen LogP contribution >= 0.6 is 0 Å². The molecule has 13 N–H and O–H groups in total. The second-order valence-corrected chi connectivity index (χ2v) is 18.4. The number of benzene rings is 2. The molecule has 1 spiro atoms. The van der Waals surface area contributed by atoms with Crippen molar-refractivity contribution in [3.05, 3.63) is 59.0 Å². The number of fused-ring (bicyclic) bond motifs is 4. The van der Waals surface area contributed by atoms with Gasteiger partial charge in [0.15, 0.2) is 12.3 Å². The normalized spacial score (nSPS) is 28.4.